The summed E-state index contributed by atoms with van der Waals surface area (Å²) in [6.07, 6.45) is 5.00. The van der Waals surface area contributed by atoms with Crippen molar-refractivity contribution in [2.75, 3.05) is 31.5 Å². The Balaban J connectivity index is 1.34. The molecule has 0 aliphatic carbocycles. The van der Waals surface area contributed by atoms with Gasteiger partial charge in [-0.3, -0.25) is 14.8 Å². The van der Waals surface area contributed by atoms with Crippen LogP contribution in [-0.2, 0) is 0 Å². The maximum Gasteiger partial charge on any atom is 0.322 e. The van der Waals surface area contributed by atoms with Crippen LogP contribution in [0.5, 0.6) is 0 Å². The monoisotopic (exact) mass is 393 g/mol. The van der Waals surface area contributed by atoms with Crippen molar-refractivity contribution < 1.29 is 9.59 Å². The number of hydrogen-bond donors (Lipinski definition) is 1. The number of hydrogen-bond acceptors (Lipinski definition) is 5. The molecule has 4 heterocycles. The number of rotatable bonds is 3. The third-order valence-electron chi connectivity index (χ3n) is 4.50. The zero-order valence-electron chi connectivity index (χ0n) is 15.1. The van der Waals surface area contributed by atoms with E-state index in [1.54, 1.807) is 40.5 Å². The van der Waals surface area contributed by atoms with E-state index < -0.39 is 0 Å². The van der Waals surface area contributed by atoms with Crippen molar-refractivity contribution in [1.29, 1.82) is 0 Å². The minimum Gasteiger partial charge on any atom is -0.334 e. The van der Waals surface area contributed by atoms with Gasteiger partial charge in [0.1, 0.15) is 0 Å². The molecule has 0 spiro atoms. The Morgan fingerprint density at radius 1 is 0.929 bits per heavy atom. The maximum absolute atomic E-state index is 12.8. The Morgan fingerprint density at radius 2 is 1.75 bits per heavy atom. The number of thiophene rings is 1. The lowest BCUT2D eigenvalue weighted by molar-refractivity contribution is 0.0676. The molecule has 1 fully saturated rings. The molecule has 3 amide bonds. The van der Waals surface area contributed by atoms with Gasteiger partial charge in [-0.15, -0.1) is 11.3 Å². The van der Waals surface area contributed by atoms with E-state index in [2.05, 4.69) is 15.3 Å². The SMILES string of the molecule is O=C(Nc1cccnc1)N1CCN(C(=O)c2ccc(-c3ccccn3)s2)CC1. The van der Waals surface area contributed by atoms with Crippen LogP contribution in [0.15, 0.2) is 61.1 Å². The standard InChI is InChI=1S/C20H19N5O2S/c26-19(18-7-6-17(28-18)16-5-1-2-9-22-16)24-10-12-25(13-11-24)20(27)23-15-4-3-8-21-14-15/h1-9,14H,10-13H2,(H,23,27). The molecule has 3 aromatic rings. The molecule has 0 radical (unpaired) electrons. The number of nitrogens with one attached hydrogen (secondary N) is 1. The summed E-state index contributed by atoms with van der Waals surface area (Å²) in [5, 5.41) is 2.83. The number of pyridine rings is 2. The first-order valence-electron chi connectivity index (χ1n) is 8.97. The molecular formula is C20H19N5O2S. The third-order valence-corrected chi connectivity index (χ3v) is 5.60. The van der Waals surface area contributed by atoms with Crippen LogP contribution in [0.25, 0.3) is 10.6 Å². The van der Waals surface area contributed by atoms with E-state index in [0.29, 0.717) is 36.7 Å². The van der Waals surface area contributed by atoms with Crippen molar-refractivity contribution >= 4 is 29.0 Å². The number of nitrogens with zero attached hydrogens (tertiary/aromatic N) is 4. The van der Waals surface area contributed by atoms with Gasteiger partial charge in [0, 0.05) is 38.6 Å². The van der Waals surface area contributed by atoms with Crippen LogP contribution >= 0.6 is 11.3 Å². The fourth-order valence-corrected chi connectivity index (χ4v) is 3.96. The summed E-state index contributed by atoms with van der Waals surface area (Å²) in [4.78, 5) is 38.6. The highest BCUT2D eigenvalue weighted by atomic mass is 32.1. The van der Waals surface area contributed by atoms with Crippen molar-refractivity contribution in [2.45, 2.75) is 0 Å². The number of anilines is 1. The Morgan fingerprint density at radius 3 is 2.46 bits per heavy atom. The largest absolute Gasteiger partial charge is 0.334 e. The van der Waals surface area contributed by atoms with Crippen LogP contribution in [0, 0.1) is 0 Å². The molecule has 142 valence electrons. The van der Waals surface area contributed by atoms with Gasteiger partial charge in [0.05, 0.1) is 27.3 Å². The lowest BCUT2D eigenvalue weighted by atomic mass is 10.3. The quantitative estimate of drug-likeness (QED) is 0.741. The van der Waals surface area contributed by atoms with Crippen LogP contribution in [0.3, 0.4) is 0 Å². The minimum absolute atomic E-state index is 0.000464. The van der Waals surface area contributed by atoms with E-state index >= 15 is 0 Å². The van der Waals surface area contributed by atoms with Crippen molar-refractivity contribution in [3.63, 3.8) is 0 Å². The molecule has 0 bridgehead atoms. The van der Waals surface area contributed by atoms with Gasteiger partial charge in [-0.25, -0.2) is 4.79 Å². The van der Waals surface area contributed by atoms with E-state index in [0.717, 1.165) is 10.6 Å². The Kier molecular flexibility index (Phi) is 5.29. The summed E-state index contributed by atoms with van der Waals surface area (Å²) in [6, 6.07) is 12.9. The average molecular weight is 393 g/mol. The van der Waals surface area contributed by atoms with Gasteiger partial charge >= 0.3 is 6.03 Å². The molecule has 28 heavy (non-hydrogen) atoms. The molecule has 1 aliphatic rings. The molecule has 8 heteroatoms. The molecule has 0 saturated carbocycles. The highest BCUT2D eigenvalue weighted by molar-refractivity contribution is 7.17. The van der Waals surface area contributed by atoms with E-state index in [-0.39, 0.29) is 11.9 Å². The second-order valence-corrected chi connectivity index (χ2v) is 7.41. The first kappa shape index (κ1) is 18.1. The highest BCUT2D eigenvalue weighted by Gasteiger charge is 2.25. The molecule has 1 aliphatic heterocycles. The van der Waals surface area contributed by atoms with Crippen LogP contribution in [0.2, 0.25) is 0 Å². The van der Waals surface area contributed by atoms with Gasteiger partial charge in [0.25, 0.3) is 5.91 Å². The smallest absolute Gasteiger partial charge is 0.322 e. The lowest BCUT2D eigenvalue weighted by Gasteiger charge is -2.34. The predicted octanol–water partition coefficient (Wildman–Crippen LogP) is 3.20. The number of urea groups is 1. The lowest BCUT2D eigenvalue weighted by Crippen LogP contribution is -2.51. The van der Waals surface area contributed by atoms with E-state index in [1.807, 2.05) is 30.3 Å². The van der Waals surface area contributed by atoms with Gasteiger partial charge in [0.2, 0.25) is 0 Å². The molecule has 7 nitrogen and oxygen atoms in total. The number of aromatic nitrogens is 2. The summed E-state index contributed by atoms with van der Waals surface area (Å²) in [6.45, 7) is 2.01. The van der Waals surface area contributed by atoms with Crippen molar-refractivity contribution in [3.05, 3.63) is 65.9 Å². The average Bonchev–Trinajstić information content (AvgIpc) is 3.25. The topological polar surface area (TPSA) is 78.4 Å². The van der Waals surface area contributed by atoms with Crippen LogP contribution in [-0.4, -0.2) is 57.9 Å². The maximum atomic E-state index is 12.8. The number of piperazine rings is 1. The predicted molar refractivity (Wildman–Crippen MR) is 108 cm³/mol. The Hall–Kier alpha value is -3.26. The summed E-state index contributed by atoms with van der Waals surface area (Å²) < 4.78 is 0. The minimum atomic E-state index is -0.173. The zero-order chi connectivity index (χ0) is 19.3. The van der Waals surface area contributed by atoms with E-state index in [1.165, 1.54) is 11.3 Å². The molecule has 1 saturated heterocycles. The van der Waals surface area contributed by atoms with Gasteiger partial charge in [-0.05, 0) is 36.4 Å². The first-order chi connectivity index (χ1) is 13.7. The fourth-order valence-electron chi connectivity index (χ4n) is 3.01. The van der Waals surface area contributed by atoms with Crippen LogP contribution in [0.4, 0.5) is 10.5 Å². The van der Waals surface area contributed by atoms with Crippen LogP contribution in [0.1, 0.15) is 9.67 Å². The van der Waals surface area contributed by atoms with Gasteiger partial charge in [-0.1, -0.05) is 6.07 Å². The summed E-state index contributed by atoms with van der Waals surface area (Å²) in [7, 11) is 0. The van der Waals surface area contributed by atoms with Gasteiger partial charge in [0.15, 0.2) is 0 Å². The van der Waals surface area contributed by atoms with E-state index in [9.17, 15) is 9.59 Å². The molecule has 3 aromatic heterocycles. The Labute approximate surface area is 166 Å². The van der Waals surface area contributed by atoms with Crippen molar-refractivity contribution in [3.8, 4) is 10.6 Å². The summed E-state index contributed by atoms with van der Waals surface area (Å²) >= 11 is 1.44. The molecule has 0 aromatic carbocycles. The number of carbonyl (C=O) groups is 2. The molecule has 0 atom stereocenters. The highest BCUT2D eigenvalue weighted by Crippen LogP contribution is 2.27. The van der Waals surface area contributed by atoms with Gasteiger partial charge in [-0.2, -0.15) is 0 Å². The van der Waals surface area contributed by atoms with Gasteiger partial charge < -0.3 is 15.1 Å². The summed E-state index contributed by atoms with van der Waals surface area (Å²) in [5.74, 6) is -0.000464. The molecule has 0 unspecified atom stereocenters. The van der Waals surface area contributed by atoms with Crippen molar-refractivity contribution in [2.24, 2.45) is 0 Å². The zero-order valence-corrected chi connectivity index (χ0v) is 15.9. The normalized spacial score (nSPS) is 14.0. The Bertz CT molecular complexity index is 953. The second-order valence-electron chi connectivity index (χ2n) is 6.33. The summed E-state index contributed by atoms with van der Waals surface area (Å²) in [5.41, 5.74) is 1.52. The molecule has 1 N–H and O–H groups in total. The first-order valence-corrected chi connectivity index (χ1v) is 9.79. The van der Waals surface area contributed by atoms with Crippen LogP contribution < -0.4 is 5.32 Å². The second kappa shape index (κ2) is 8.18. The van der Waals surface area contributed by atoms with Crippen molar-refractivity contribution in [1.82, 2.24) is 19.8 Å². The fraction of sp³-hybridized carbons (Fsp3) is 0.200. The van der Waals surface area contributed by atoms with E-state index in [4.69, 9.17) is 0 Å². The number of carbonyl (C=O) groups excluding carboxylic acids is 2. The molecular weight excluding hydrogens is 374 g/mol. The third kappa shape index (κ3) is 4.01. The molecule has 4 rings (SSSR count). The number of amides is 3.